The Kier molecular flexibility index (Phi) is 4.53. The Hall–Kier alpha value is -1.92. The first kappa shape index (κ1) is 16.5. The normalized spacial score (nSPS) is 11.3. The van der Waals surface area contributed by atoms with Crippen molar-refractivity contribution in [2.75, 3.05) is 11.6 Å². The fourth-order valence-electron chi connectivity index (χ4n) is 1.86. The molecule has 0 unspecified atom stereocenters. The summed E-state index contributed by atoms with van der Waals surface area (Å²) in [6.07, 6.45) is 1.05. The van der Waals surface area contributed by atoms with Crippen LogP contribution in [-0.4, -0.2) is 20.6 Å². The highest BCUT2D eigenvalue weighted by molar-refractivity contribution is 7.90. The number of halogens is 2. The topological polar surface area (TPSA) is 63.2 Å². The minimum Gasteiger partial charge on any atom is -0.319 e. The van der Waals surface area contributed by atoms with Crippen LogP contribution in [0.2, 0.25) is 5.02 Å². The summed E-state index contributed by atoms with van der Waals surface area (Å²) in [6.45, 7) is 1.66. The first-order valence-corrected chi connectivity index (χ1v) is 8.52. The van der Waals surface area contributed by atoms with E-state index >= 15 is 0 Å². The lowest BCUT2D eigenvalue weighted by Gasteiger charge is -2.10. The van der Waals surface area contributed by atoms with Crippen molar-refractivity contribution in [2.45, 2.75) is 11.8 Å². The molecule has 0 bridgehead atoms. The second-order valence-electron chi connectivity index (χ2n) is 4.83. The predicted octanol–water partition coefficient (Wildman–Crippen LogP) is 3.44. The van der Waals surface area contributed by atoms with E-state index in [1.807, 2.05) is 0 Å². The minimum atomic E-state index is -3.44. The van der Waals surface area contributed by atoms with Gasteiger partial charge in [0.05, 0.1) is 10.6 Å². The SMILES string of the molecule is Cc1ccc(S(C)(=O)=O)cc1C(=O)Nc1cc(Cl)ccc1F. The first-order valence-electron chi connectivity index (χ1n) is 6.25. The summed E-state index contributed by atoms with van der Waals surface area (Å²) in [7, 11) is -3.44. The Morgan fingerprint density at radius 2 is 1.86 bits per heavy atom. The van der Waals surface area contributed by atoms with Crippen LogP contribution in [-0.2, 0) is 9.84 Å². The molecule has 0 heterocycles. The maximum Gasteiger partial charge on any atom is 0.256 e. The van der Waals surface area contributed by atoms with Gasteiger partial charge in [0, 0.05) is 16.8 Å². The van der Waals surface area contributed by atoms with Gasteiger partial charge >= 0.3 is 0 Å². The lowest BCUT2D eigenvalue weighted by Crippen LogP contribution is -2.15. The van der Waals surface area contributed by atoms with E-state index in [4.69, 9.17) is 11.6 Å². The van der Waals surface area contributed by atoms with Crippen molar-refractivity contribution in [1.29, 1.82) is 0 Å². The molecule has 0 spiro atoms. The summed E-state index contributed by atoms with van der Waals surface area (Å²) in [4.78, 5) is 12.3. The van der Waals surface area contributed by atoms with Crippen molar-refractivity contribution in [3.63, 3.8) is 0 Å². The molecule has 1 amide bonds. The average molecular weight is 342 g/mol. The summed E-state index contributed by atoms with van der Waals surface area (Å²) >= 11 is 5.77. The third-order valence-corrected chi connectivity index (χ3v) is 4.40. The standard InChI is InChI=1S/C15H13ClFNO3S/c1-9-3-5-11(22(2,20)21)8-12(9)15(19)18-14-7-10(16)4-6-13(14)17/h3-8H,1-2H3,(H,18,19). The largest absolute Gasteiger partial charge is 0.319 e. The third-order valence-electron chi connectivity index (χ3n) is 3.06. The van der Waals surface area contributed by atoms with E-state index in [9.17, 15) is 17.6 Å². The molecule has 0 aromatic heterocycles. The van der Waals surface area contributed by atoms with Crippen molar-refractivity contribution in [1.82, 2.24) is 0 Å². The molecule has 0 saturated carbocycles. The molecular weight excluding hydrogens is 329 g/mol. The molecular formula is C15H13ClFNO3S. The number of hydrogen-bond acceptors (Lipinski definition) is 3. The lowest BCUT2D eigenvalue weighted by atomic mass is 10.1. The van der Waals surface area contributed by atoms with Crippen LogP contribution < -0.4 is 5.32 Å². The highest BCUT2D eigenvalue weighted by Gasteiger charge is 2.16. The quantitative estimate of drug-likeness (QED) is 0.930. The van der Waals surface area contributed by atoms with Crippen molar-refractivity contribution >= 4 is 33.0 Å². The maximum atomic E-state index is 13.6. The Balaban J connectivity index is 2.39. The van der Waals surface area contributed by atoms with Gasteiger partial charge in [-0.3, -0.25) is 4.79 Å². The Bertz CT molecular complexity index is 850. The van der Waals surface area contributed by atoms with Crippen molar-refractivity contribution in [3.8, 4) is 0 Å². The fourth-order valence-corrected chi connectivity index (χ4v) is 2.68. The van der Waals surface area contributed by atoms with E-state index in [0.717, 1.165) is 12.3 Å². The lowest BCUT2D eigenvalue weighted by molar-refractivity contribution is 0.102. The smallest absolute Gasteiger partial charge is 0.256 e. The molecule has 0 saturated heterocycles. The van der Waals surface area contributed by atoms with Crippen LogP contribution in [0.15, 0.2) is 41.3 Å². The molecule has 22 heavy (non-hydrogen) atoms. The number of hydrogen-bond donors (Lipinski definition) is 1. The van der Waals surface area contributed by atoms with E-state index in [0.29, 0.717) is 5.56 Å². The number of aryl methyl sites for hydroxylation is 1. The molecule has 1 N–H and O–H groups in total. The summed E-state index contributed by atoms with van der Waals surface area (Å²) in [5, 5.41) is 2.67. The zero-order valence-electron chi connectivity index (χ0n) is 11.9. The zero-order chi connectivity index (χ0) is 16.5. The van der Waals surface area contributed by atoms with Crippen LogP contribution in [0.5, 0.6) is 0 Å². The average Bonchev–Trinajstić information content (AvgIpc) is 2.42. The fraction of sp³-hybridized carbons (Fsp3) is 0.133. The maximum absolute atomic E-state index is 13.6. The number of rotatable bonds is 3. The van der Waals surface area contributed by atoms with Crippen LogP contribution in [0, 0.1) is 12.7 Å². The van der Waals surface area contributed by atoms with Gasteiger partial charge in [-0.1, -0.05) is 17.7 Å². The molecule has 0 aliphatic carbocycles. The number of amides is 1. The van der Waals surface area contributed by atoms with Crippen LogP contribution in [0.25, 0.3) is 0 Å². The predicted molar refractivity (Wildman–Crippen MR) is 83.7 cm³/mol. The molecule has 0 radical (unpaired) electrons. The summed E-state index contributed by atoms with van der Waals surface area (Å²) in [5.74, 6) is -1.24. The summed E-state index contributed by atoms with van der Waals surface area (Å²) in [6, 6.07) is 7.99. The Morgan fingerprint density at radius 1 is 1.18 bits per heavy atom. The summed E-state index contributed by atoms with van der Waals surface area (Å²) < 4.78 is 36.8. The van der Waals surface area contributed by atoms with E-state index < -0.39 is 21.6 Å². The molecule has 0 aliphatic rings. The van der Waals surface area contributed by atoms with Gasteiger partial charge in [0.25, 0.3) is 5.91 Å². The molecule has 2 aromatic rings. The van der Waals surface area contributed by atoms with Gasteiger partial charge < -0.3 is 5.32 Å². The second-order valence-corrected chi connectivity index (χ2v) is 7.28. The highest BCUT2D eigenvalue weighted by Crippen LogP contribution is 2.22. The number of sulfone groups is 1. The van der Waals surface area contributed by atoms with Gasteiger partial charge in [0.15, 0.2) is 9.84 Å². The number of anilines is 1. The van der Waals surface area contributed by atoms with E-state index in [2.05, 4.69) is 5.32 Å². The van der Waals surface area contributed by atoms with Gasteiger partial charge in [-0.15, -0.1) is 0 Å². The first-order chi connectivity index (χ1) is 10.2. The molecule has 0 aliphatic heterocycles. The highest BCUT2D eigenvalue weighted by atomic mass is 35.5. The second kappa shape index (κ2) is 6.06. The molecule has 2 aromatic carbocycles. The number of nitrogens with one attached hydrogen (secondary N) is 1. The van der Waals surface area contributed by atoms with E-state index in [1.165, 1.54) is 30.3 Å². The molecule has 7 heteroatoms. The minimum absolute atomic E-state index is 0.0230. The van der Waals surface area contributed by atoms with Gasteiger partial charge in [-0.2, -0.15) is 0 Å². The number of carbonyl (C=O) groups is 1. The van der Waals surface area contributed by atoms with Crippen LogP contribution >= 0.6 is 11.6 Å². The molecule has 2 rings (SSSR count). The number of carbonyl (C=O) groups excluding carboxylic acids is 1. The van der Waals surface area contributed by atoms with Crippen molar-refractivity contribution < 1.29 is 17.6 Å². The van der Waals surface area contributed by atoms with Crippen molar-refractivity contribution in [3.05, 3.63) is 58.4 Å². The Labute approximate surface area is 132 Å². The van der Waals surface area contributed by atoms with Crippen LogP contribution in [0.1, 0.15) is 15.9 Å². The van der Waals surface area contributed by atoms with E-state index in [-0.39, 0.29) is 21.2 Å². The monoisotopic (exact) mass is 341 g/mol. The molecule has 0 atom stereocenters. The summed E-state index contributed by atoms with van der Waals surface area (Å²) in [5.41, 5.74) is 0.663. The molecule has 0 fully saturated rings. The Morgan fingerprint density at radius 3 is 2.50 bits per heavy atom. The third kappa shape index (κ3) is 3.64. The van der Waals surface area contributed by atoms with E-state index in [1.54, 1.807) is 6.92 Å². The van der Waals surface area contributed by atoms with Gasteiger partial charge in [0.1, 0.15) is 5.82 Å². The van der Waals surface area contributed by atoms with Crippen LogP contribution in [0.4, 0.5) is 10.1 Å². The molecule has 116 valence electrons. The van der Waals surface area contributed by atoms with Gasteiger partial charge in [-0.25, -0.2) is 12.8 Å². The molecule has 4 nitrogen and oxygen atoms in total. The van der Waals surface area contributed by atoms with Gasteiger partial charge in [-0.05, 0) is 42.8 Å². The zero-order valence-corrected chi connectivity index (χ0v) is 13.4. The van der Waals surface area contributed by atoms with Crippen molar-refractivity contribution in [2.24, 2.45) is 0 Å². The number of benzene rings is 2. The van der Waals surface area contributed by atoms with Gasteiger partial charge in [0.2, 0.25) is 0 Å². The van der Waals surface area contributed by atoms with Crippen LogP contribution in [0.3, 0.4) is 0 Å².